The average molecular weight is 410 g/mol. The maximum absolute atomic E-state index is 11.9. The zero-order valence-electron chi connectivity index (χ0n) is 17.7. The van der Waals surface area contributed by atoms with Gasteiger partial charge in [0.05, 0.1) is 13.2 Å². The maximum atomic E-state index is 11.9. The number of aryl methyl sites for hydroxylation is 2. The second-order valence-electron chi connectivity index (χ2n) is 6.94. The first-order valence-electron chi connectivity index (χ1n) is 9.98. The predicted octanol–water partition coefficient (Wildman–Crippen LogP) is 4.49. The van der Waals surface area contributed by atoms with E-state index in [1.165, 1.54) is 0 Å². The van der Waals surface area contributed by atoms with E-state index in [0.717, 1.165) is 32.7 Å². The van der Waals surface area contributed by atoms with Crippen LogP contribution in [0.15, 0.2) is 36.4 Å². The molecule has 0 saturated heterocycles. The fraction of sp³-hybridized carbons (Fsp3) is 0.333. The maximum Gasteiger partial charge on any atom is 0.344 e. The summed E-state index contributed by atoms with van der Waals surface area (Å²) in [4.78, 5) is 23.8. The summed E-state index contributed by atoms with van der Waals surface area (Å²) in [5.41, 5.74) is 2.07. The highest BCUT2D eigenvalue weighted by Crippen LogP contribution is 2.43. The van der Waals surface area contributed by atoms with Crippen LogP contribution >= 0.6 is 0 Å². The highest BCUT2D eigenvalue weighted by Gasteiger charge is 2.19. The molecule has 0 atom stereocenters. The fourth-order valence-corrected chi connectivity index (χ4v) is 3.36. The molecule has 0 N–H and O–H groups in total. The molecule has 0 unspecified atom stereocenters. The van der Waals surface area contributed by atoms with Crippen LogP contribution in [0.3, 0.4) is 0 Å². The van der Waals surface area contributed by atoms with Crippen molar-refractivity contribution in [3.63, 3.8) is 0 Å². The zero-order chi connectivity index (χ0) is 21.7. The quantitative estimate of drug-likeness (QED) is 0.402. The van der Waals surface area contributed by atoms with Crippen molar-refractivity contribution >= 4 is 33.5 Å². The van der Waals surface area contributed by atoms with Gasteiger partial charge in [0.1, 0.15) is 11.5 Å². The molecule has 158 valence electrons. The van der Waals surface area contributed by atoms with Crippen LogP contribution in [0.5, 0.6) is 11.5 Å². The van der Waals surface area contributed by atoms with Crippen molar-refractivity contribution < 1.29 is 28.5 Å². The number of hydrogen-bond donors (Lipinski definition) is 0. The zero-order valence-corrected chi connectivity index (χ0v) is 17.7. The lowest BCUT2D eigenvalue weighted by atomic mass is 9.98. The number of hydrogen-bond acceptors (Lipinski definition) is 6. The van der Waals surface area contributed by atoms with Crippen LogP contribution in [-0.2, 0) is 19.1 Å². The van der Waals surface area contributed by atoms with Gasteiger partial charge in [-0.1, -0.05) is 35.4 Å². The van der Waals surface area contributed by atoms with E-state index in [9.17, 15) is 9.59 Å². The summed E-state index contributed by atoms with van der Waals surface area (Å²) in [7, 11) is 0. The van der Waals surface area contributed by atoms with Crippen molar-refractivity contribution in [3.8, 4) is 11.5 Å². The first kappa shape index (κ1) is 21.4. The second-order valence-corrected chi connectivity index (χ2v) is 6.94. The van der Waals surface area contributed by atoms with E-state index < -0.39 is 11.9 Å². The van der Waals surface area contributed by atoms with E-state index in [1.807, 2.05) is 50.2 Å². The minimum Gasteiger partial charge on any atom is -0.481 e. The Morgan fingerprint density at radius 3 is 1.43 bits per heavy atom. The topological polar surface area (TPSA) is 71.1 Å². The van der Waals surface area contributed by atoms with E-state index >= 15 is 0 Å². The Morgan fingerprint density at radius 2 is 1.07 bits per heavy atom. The van der Waals surface area contributed by atoms with Crippen molar-refractivity contribution in [2.45, 2.75) is 27.7 Å². The van der Waals surface area contributed by atoms with Crippen LogP contribution in [0.2, 0.25) is 0 Å². The summed E-state index contributed by atoms with van der Waals surface area (Å²) in [6.45, 7) is 7.67. The summed E-state index contributed by atoms with van der Waals surface area (Å²) in [5.74, 6) is 0.308. The van der Waals surface area contributed by atoms with Gasteiger partial charge in [-0.25, -0.2) is 9.59 Å². The molecule has 0 aliphatic carbocycles. The van der Waals surface area contributed by atoms with Gasteiger partial charge in [-0.2, -0.15) is 0 Å². The van der Waals surface area contributed by atoms with Gasteiger partial charge in [0.15, 0.2) is 13.2 Å². The minimum absolute atomic E-state index is 0.192. The summed E-state index contributed by atoms with van der Waals surface area (Å²) >= 11 is 0. The Hall–Kier alpha value is -3.28. The van der Waals surface area contributed by atoms with Crippen molar-refractivity contribution in [1.29, 1.82) is 0 Å². The fourth-order valence-electron chi connectivity index (χ4n) is 3.36. The van der Waals surface area contributed by atoms with Crippen LogP contribution in [0, 0.1) is 13.8 Å². The Balaban J connectivity index is 2.17. The van der Waals surface area contributed by atoms with Crippen molar-refractivity contribution in [2.75, 3.05) is 26.4 Å². The van der Waals surface area contributed by atoms with Crippen LogP contribution in [0.4, 0.5) is 0 Å². The van der Waals surface area contributed by atoms with Crippen LogP contribution < -0.4 is 9.47 Å². The first-order chi connectivity index (χ1) is 14.4. The van der Waals surface area contributed by atoms with E-state index in [4.69, 9.17) is 18.9 Å². The van der Waals surface area contributed by atoms with Crippen molar-refractivity contribution in [2.24, 2.45) is 0 Å². The van der Waals surface area contributed by atoms with Crippen LogP contribution in [0.1, 0.15) is 25.0 Å². The van der Waals surface area contributed by atoms with Crippen LogP contribution in [0.25, 0.3) is 21.5 Å². The Morgan fingerprint density at radius 1 is 0.667 bits per heavy atom. The van der Waals surface area contributed by atoms with Gasteiger partial charge in [0.25, 0.3) is 0 Å². The third-order valence-electron chi connectivity index (χ3n) is 4.61. The molecule has 3 rings (SSSR count). The molecule has 0 amide bonds. The van der Waals surface area contributed by atoms with E-state index in [-0.39, 0.29) is 13.2 Å². The second kappa shape index (κ2) is 9.48. The molecule has 0 saturated carbocycles. The number of ether oxygens (including phenoxy) is 4. The number of esters is 2. The summed E-state index contributed by atoms with van der Waals surface area (Å²) < 4.78 is 21.9. The van der Waals surface area contributed by atoms with Gasteiger partial charge in [-0.3, -0.25) is 0 Å². The Kier molecular flexibility index (Phi) is 6.77. The summed E-state index contributed by atoms with van der Waals surface area (Å²) in [5, 5.41) is 3.19. The molecule has 0 radical (unpaired) electrons. The normalized spacial score (nSPS) is 10.8. The average Bonchev–Trinajstić information content (AvgIpc) is 2.71. The number of carbonyl (C=O) groups is 2. The molecule has 30 heavy (non-hydrogen) atoms. The van der Waals surface area contributed by atoms with Gasteiger partial charge in [-0.15, -0.1) is 0 Å². The van der Waals surface area contributed by atoms with E-state index in [0.29, 0.717) is 24.7 Å². The molecule has 0 aromatic heterocycles. The third-order valence-corrected chi connectivity index (χ3v) is 4.61. The molecule has 0 fully saturated rings. The van der Waals surface area contributed by atoms with Gasteiger partial charge < -0.3 is 18.9 Å². The largest absolute Gasteiger partial charge is 0.481 e. The molecular weight excluding hydrogens is 384 g/mol. The van der Waals surface area contributed by atoms with E-state index in [2.05, 4.69) is 0 Å². The predicted molar refractivity (Wildman–Crippen MR) is 115 cm³/mol. The molecule has 3 aromatic carbocycles. The highest BCUT2D eigenvalue weighted by molar-refractivity contribution is 6.11. The van der Waals surface area contributed by atoms with E-state index in [1.54, 1.807) is 13.8 Å². The molecule has 6 nitrogen and oxygen atoms in total. The Bertz CT molecular complexity index is 999. The number of carbonyl (C=O) groups excluding carboxylic acids is 2. The highest BCUT2D eigenvalue weighted by atomic mass is 16.6. The smallest absolute Gasteiger partial charge is 0.344 e. The standard InChI is InChI=1S/C24H26O6/c1-5-27-21(25)13-29-23-17-9-7-16(4)12-20(17)24(30-14-22(26)28-6-2)18-10-8-15(3)11-19(18)23/h7-12H,5-6,13-14H2,1-4H3. The van der Waals surface area contributed by atoms with Gasteiger partial charge >= 0.3 is 11.9 Å². The monoisotopic (exact) mass is 410 g/mol. The summed E-state index contributed by atoms with van der Waals surface area (Å²) in [6.07, 6.45) is 0. The first-order valence-corrected chi connectivity index (χ1v) is 9.98. The molecular formula is C24H26O6. The molecule has 0 bridgehead atoms. The summed E-state index contributed by atoms with van der Waals surface area (Å²) in [6, 6.07) is 11.8. The molecule has 0 heterocycles. The number of rotatable bonds is 8. The Labute approximate surface area is 175 Å². The van der Waals surface area contributed by atoms with Crippen molar-refractivity contribution in [1.82, 2.24) is 0 Å². The third kappa shape index (κ3) is 4.64. The molecule has 0 aliphatic heterocycles. The number of fused-ring (bicyclic) bond motifs is 2. The molecule has 0 aliphatic rings. The van der Waals surface area contributed by atoms with Crippen LogP contribution in [-0.4, -0.2) is 38.4 Å². The SMILES string of the molecule is CCOC(=O)COc1c2ccc(C)cc2c(OCC(=O)OCC)c2ccc(C)cc12. The minimum atomic E-state index is -0.429. The molecule has 6 heteroatoms. The molecule has 0 spiro atoms. The van der Waals surface area contributed by atoms with Crippen molar-refractivity contribution in [3.05, 3.63) is 47.5 Å². The molecule has 3 aromatic rings. The van der Waals surface area contributed by atoms with Gasteiger partial charge in [0.2, 0.25) is 0 Å². The lowest BCUT2D eigenvalue weighted by molar-refractivity contribution is -0.146. The lowest BCUT2D eigenvalue weighted by Gasteiger charge is -2.18. The lowest BCUT2D eigenvalue weighted by Crippen LogP contribution is -2.16. The van der Waals surface area contributed by atoms with Gasteiger partial charge in [-0.05, 0) is 39.8 Å². The van der Waals surface area contributed by atoms with Gasteiger partial charge in [0, 0.05) is 21.5 Å². The number of benzene rings is 3.